The van der Waals surface area contributed by atoms with Crippen LogP contribution in [0.2, 0.25) is 0 Å². The zero-order chi connectivity index (χ0) is 21.6. The number of hydrogen-bond donors (Lipinski definition) is 0. The van der Waals surface area contributed by atoms with Crippen molar-refractivity contribution < 1.29 is 22.8 Å². The smallest absolute Gasteiger partial charge is 0.338 e. The number of ketones is 1. The lowest BCUT2D eigenvalue weighted by Crippen LogP contribution is -2.41. The van der Waals surface area contributed by atoms with Crippen LogP contribution in [0.1, 0.15) is 48.2 Å². The van der Waals surface area contributed by atoms with Crippen LogP contribution in [0, 0.1) is 33.5 Å². The van der Waals surface area contributed by atoms with E-state index in [9.17, 15) is 28.0 Å². The summed E-state index contributed by atoms with van der Waals surface area (Å²) >= 11 is 0. The Labute approximate surface area is 166 Å². The average Bonchev–Trinajstić information content (AvgIpc) is 3.05. The van der Waals surface area contributed by atoms with Gasteiger partial charge >= 0.3 is 6.18 Å². The molecule has 0 bridgehead atoms. The van der Waals surface area contributed by atoms with Crippen molar-refractivity contribution in [2.45, 2.75) is 32.9 Å². The minimum Gasteiger partial charge on any atom is -0.338 e. The molecular formula is C21H18F3N3O2. The number of benzene rings is 1. The van der Waals surface area contributed by atoms with Gasteiger partial charge in [-0.2, -0.15) is 23.7 Å². The second-order valence-corrected chi connectivity index (χ2v) is 8.27. The van der Waals surface area contributed by atoms with Gasteiger partial charge in [0.15, 0.2) is 5.78 Å². The van der Waals surface area contributed by atoms with Crippen LogP contribution >= 0.6 is 0 Å². The monoisotopic (exact) mass is 401 g/mol. The Kier molecular flexibility index (Phi) is 4.78. The molecule has 5 nitrogen and oxygen atoms in total. The van der Waals surface area contributed by atoms with Crippen molar-refractivity contribution >= 4 is 11.7 Å². The molecule has 0 N–H and O–H groups in total. The molecule has 0 saturated carbocycles. The maximum atomic E-state index is 13.4. The molecule has 1 spiro atoms. The number of nitrogens with zero attached hydrogens (tertiary/aromatic N) is 3. The highest BCUT2D eigenvalue weighted by Gasteiger charge is 2.49. The molecule has 29 heavy (non-hydrogen) atoms. The molecule has 1 heterocycles. The number of rotatable bonds is 1. The van der Waals surface area contributed by atoms with Gasteiger partial charge in [0.05, 0.1) is 28.3 Å². The first kappa shape index (κ1) is 20.6. The van der Waals surface area contributed by atoms with Crippen molar-refractivity contribution in [3.05, 3.63) is 46.5 Å². The van der Waals surface area contributed by atoms with Crippen molar-refractivity contribution in [3.8, 4) is 12.1 Å². The summed E-state index contributed by atoms with van der Waals surface area (Å²) in [4.78, 5) is 26.6. The molecule has 1 aliphatic heterocycles. The molecule has 0 unspecified atom stereocenters. The van der Waals surface area contributed by atoms with Gasteiger partial charge in [-0.15, -0.1) is 0 Å². The molecule has 8 heteroatoms. The van der Waals surface area contributed by atoms with Crippen LogP contribution in [0.3, 0.4) is 0 Å². The SMILES string of the molecule is CC1(C)C[C@]2(C=C(C#N)C1=O)CCN(C(=O)c1ccc(C#N)cc1C(F)(F)F)C2. The molecule has 2 aliphatic rings. The lowest BCUT2D eigenvalue weighted by Gasteiger charge is -2.38. The van der Waals surface area contributed by atoms with E-state index in [-0.39, 0.29) is 30.0 Å². The first-order valence-electron chi connectivity index (χ1n) is 9.01. The second-order valence-electron chi connectivity index (χ2n) is 8.27. The number of allylic oxidation sites excluding steroid dienone is 1. The number of likely N-dealkylation sites (tertiary alicyclic amines) is 1. The fraction of sp³-hybridized carbons (Fsp3) is 0.429. The van der Waals surface area contributed by atoms with E-state index in [2.05, 4.69) is 0 Å². The highest BCUT2D eigenvalue weighted by atomic mass is 19.4. The van der Waals surface area contributed by atoms with Gasteiger partial charge in [-0.05, 0) is 31.0 Å². The molecular weight excluding hydrogens is 383 g/mol. The summed E-state index contributed by atoms with van der Waals surface area (Å²) in [6, 6.07) is 6.45. The maximum absolute atomic E-state index is 13.4. The Bertz CT molecular complexity index is 1010. The quantitative estimate of drug-likeness (QED) is 0.715. The fourth-order valence-corrected chi connectivity index (χ4v) is 4.37. The molecule has 1 aliphatic carbocycles. The van der Waals surface area contributed by atoms with Crippen molar-refractivity contribution in [1.29, 1.82) is 10.5 Å². The molecule has 1 saturated heterocycles. The molecule has 0 radical (unpaired) electrons. The minimum atomic E-state index is -4.78. The molecule has 3 rings (SSSR count). The fourth-order valence-electron chi connectivity index (χ4n) is 4.37. The van der Waals surface area contributed by atoms with Gasteiger partial charge in [0.25, 0.3) is 5.91 Å². The van der Waals surface area contributed by atoms with Crippen molar-refractivity contribution in [2.24, 2.45) is 10.8 Å². The van der Waals surface area contributed by atoms with Gasteiger partial charge in [0, 0.05) is 23.9 Å². The standard InChI is InChI=1S/C21H18F3N3O2/c1-19(2)11-20(8-14(10-26)17(19)28)5-6-27(12-20)18(29)15-4-3-13(9-25)7-16(15)21(22,23)24/h3-4,7-8H,5-6,11-12H2,1-2H3/t20-/m1/s1. The third-order valence-electron chi connectivity index (χ3n) is 5.58. The number of halogens is 3. The number of hydrogen-bond acceptors (Lipinski definition) is 4. The predicted octanol–water partition coefficient (Wildman–Crippen LogP) is 3.86. The summed E-state index contributed by atoms with van der Waals surface area (Å²) in [6.45, 7) is 3.81. The van der Waals surface area contributed by atoms with E-state index in [1.165, 1.54) is 11.0 Å². The third-order valence-corrected chi connectivity index (χ3v) is 5.58. The normalized spacial score (nSPS) is 23.5. The van der Waals surface area contributed by atoms with Gasteiger partial charge in [0.1, 0.15) is 6.07 Å². The molecule has 1 aromatic rings. The lowest BCUT2D eigenvalue weighted by molar-refractivity contribution is -0.138. The Morgan fingerprint density at radius 3 is 2.48 bits per heavy atom. The number of amides is 1. The van der Waals surface area contributed by atoms with Crippen LogP contribution in [0.15, 0.2) is 29.8 Å². The number of carbonyl (C=O) groups excluding carboxylic acids is 2. The highest BCUT2D eigenvalue weighted by molar-refractivity contribution is 6.04. The first-order valence-corrected chi connectivity index (χ1v) is 9.01. The maximum Gasteiger partial charge on any atom is 0.417 e. The Morgan fingerprint density at radius 2 is 1.90 bits per heavy atom. The lowest BCUT2D eigenvalue weighted by atomic mass is 9.64. The second kappa shape index (κ2) is 6.73. The van der Waals surface area contributed by atoms with Crippen LogP contribution in [-0.2, 0) is 11.0 Å². The van der Waals surface area contributed by atoms with E-state index in [1.807, 2.05) is 6.07 Å². The van der Waals surface area contributed by atoms with E-state index < -0.39 is 34.0 Å². The van der Waals surface area contributed by atoms with E-state index >= 15 is 0 Å². The van der Waals surface area contributed by atoms with Crippen molar-refractivity contribution in [1.82, 2.24) is 4.90 Å². The largest absolute Gasteiger partial charge is 0.417 e. The Morgan fingerprint density at radius 1 is 1.21 bits per heavy atom. The number of Topliss-reactive ketones (excluding diaryl/α,β-unsaturated/α-hetero) is 1. The summed E-state index contributed by atoms with van der Waals surface area (Å²) in [5.41, 5.74) is -3.21. The number of nitriles is 2. The summed E-state index contributed by atoms with van der Waals surface area (Å²) in [5, 5.41) is 18.2. The molecule has 1 amide bonds. The summed E-state index contributed by atoms with van der Waals surface area (Å²) in [7, 11) is 0. The average molecular weight is 401 g/mol. The minimum absolute atomic E-state index is 0.0323. The van der Waals surface area contributed by atoms with Gasteiger partial charge in [-0.1, -0.05) is 19.9 Å². The summed E-state index contributed by atoms with van der Waals surface area (Å²) in [5.74, 6) is -1.04. The zero-order valence-electron chi connectivity index (χ0n) is 15.9. The number of carbonyl (C=O) groups is 2. The molecule has 150 valence electrons. The summed E-state index contributed by atoms with van der Waals surface area (Å²) < 4.78 is 40.3. The van der Waals surface area contributed by atoms with Gasteiger partial charge < -0.3 is 4.90 Å². The first-order chi connectivity index (χ1) is 13.4. The molecule has 0 aromatic heterocycles. The zero-order valence-corrected chi connectivity index (χ0v) is 15.9. The topological polar surface area (TPSA) is 85.0 Å². The molecule has 1 aromatic carbocycles. The molecule has 1 atom stereocenters. The van der Waals surface area contributed by atoms with Gasteiger partial charge in [-0.3, -0.25) is 9.59 Å². The predicted molar refractivity (Wildman–Crippen MR) is 96.2 cm³/mol. The van der Waals surface area contributed by atoms with Crippen LogP contribution in [0.5, 0.6) is 0 Å². The third kappa shape index (κ3) is 3.63. The van der Waals surface area contributed by atoms with Crippen molar-refractivity contribution in [2.75, 3.05) is 13.1 Å². The van der Waals surface area contributed by atoms with Crippen LogP contribution in [0.25, 0.3) is 0 Å². The van der Waals surface area contributed by atoms with Crippen LogP contribution in [0.4, 0.5) is 13.2 Å². The van der Waals surface area contributed by atoms with Gasteiger partial charge in [0.2, 0.25) is 0 Å². The number of alkyl halides is 3. The van der Waals surface area contributed by atoms with Crippen LogP contribution in [-0.4, -0.2) is 29.7 Å². The Hall–Kier alpha value is -3.13. The van der Waals surface area contributed by atoms with Crippen molar-refractivity contribution in [3.63, 3.8) is 0 Å². The van der Waals surface area contributed by atoms with E-state index in [1.54, 1.807) is 26.0 Å². The summed E-state index contributed by atoms with van der Waals surface area (Å²) in [6.07, 6.45) is -2.33. The Balaban J connectivity index is 1.95. The van der Waals surface area contributed by atoms with Crippen LogP contribution < -0.4 is 0 Å². The van der Waals surface area contributed by atoms with E-state index in [4.69, 9.17) is 5.26 Å². The molecule has 1 fully saturated rings. The van der Waals surface area contributed by atoms with E-state index in [0.717, 1.165) is 6.07 Å². The van der Waals surface area contributed by atoms with Gasteiger partial charge in [-0.25, -0.2) is 0 Å². The van der Waals surface area contributed by atoms with E-state index in [0.29, 0.717) is 18.9 Å². The highest BCUT2D eigenvalue weighted by Crippen LogP contribution is 2.48.